The highest BCUT2D eigenvalue weighted by atomic mass is 16.2. The topological polar surface area (TPSA) is 41.1 Å². The molecule has 3 rings (SSSR count). The molecule has 1 aliphatic rings. The van der Waals surface area contributed by atoms with Crippen molar-refractivity contribution in [2.75, 3.05) is 10.6 Å². The van der Waals surface area contributed by atoms with Gasteiger partial charge in [-0.25, -0.2) is 0 Å². The number of carbonyl (C=O) groups is 1. The van der Waals surface area contributed by atoms with Gasteiger partial charge in [0.15, 0.2) is 0 Å². The number of hydrogen-bond acceptors (Lipinski definition) is 2. The number of aryl methyl sites for hydroxylation is 2. The molecule has 3 heteroatoms. The number of rotatable bonds is 3. The van der Waals surface area contributed by atoms with Crippen LogP contribution in [0.25, 0.3) is 0 Å². The SMILES string of the molecule is CCc1cccc(C)c1NC(=O)[C@@H]1Cc2ccccc2N1. The molecule has 0 saturated carbocycles. The van der Waals surface area contributed by atoms with E-state index in [1.54, 1.807) is 0 Å². The summed E-state index contributed by atoms with van der Waals surface area (Å²) in [5.74, 6) is 0.0372. The van der Waals surface area contributed by atoms with E-state index in [-0.39, 0.29) is 11.9 Å². The van der Waals surface area contributed by atoms with Gasteiger partial charge in [0.25, 0.3) is 0 Å². The Morgan fingerprint density at radius 2 is 2.05 bits per heavy atom. The maximum Gasteiger partial charge on any atom is 0.247 e. The molecule has 0 saturated heterocycles. The molecule has 0 unspecified atom stereocenters. The molecule has 21 heavy (non-hydrogen) atoms. The van der Waals surface area contributed by atoms with Crippen molar-refractivity contribution in [1.82, 2.24) is 0 Å². The van der Waals surface area contributed by atoms with Crippen molar-refractivity contribution < 1.29 is 4.79 Å². The molecule has 0 aliphatic carbocycles. The maximum absolute atomic E-state index is 12.5. The highest BCUT2D eigenvalue weighted by Gasteiger charge is 2.26. The average Bonchev–Trinajstić information content (AvgIpc) is 2.93. The molecule has 0 bridgehead atoms. The van der Waals surface area contributed by atoms with Crippen molar-refractivity contribution >= 4 is 17.3 Å². The Morgan fingerprint density at radius 3 is 2.81 bits per heavy atom. The van der Waals surface area contributed by atoms with Gasteiger partial charge in [0.1, 0.15) is 6.04 Å². The fraction of sp³-hybridized carbons (Fsp3) is 0.278. The van der Waals surface area contributed by atoms with Crippen molar-refractivity contribution in [3.63, 3.8) is 0 Å². The van der Waals surface area contributed by atoms with Gasteiger partial charge in [-0.3, -0.25) is 4.79 Å². The number of para-hydroxylation sites is 2. The first-order chi connectivity index (χ1) is 10.2. The summed E-state index contributed by atoms with van der Waals surface area (Å²) in [7, 11) is 0. The summed E-state index contributed by atoms with van der Waals surface area (Å²) < 4.78 is 0. The van der Waals surface area contributed by atoms with E-state index >= 15 is 0 Å². The zero-order valence-electron chi connectivity index (χ0n) is 12.4. The monoisotopic (exact) mass is 280 g/mol. The normalized spacial score (nSPS) is 16.2. The molecule has 1 aliphatic heterocycles. The molecule has 0 spiro atoms. The molecule has 108 valence electrons. The van der Waals surface area contributed by atoms with Gasteiger partial charge in [0.2, 0.25) is 5.91 Å². The Balaban J connectivity index is 1.77. The number of benzene rings is 2. The van der Waals surface area contributed by atoms with E-state index in [2.05, 4.69) is 29.7 Å². The minimum absolute atomic E-state index is 0.0372. The fourth-order valence-electron chi connectivity index (χ4n) is 2.87. The smallest absolute Gasteiger partial charge is 0.247 e. The fourth-order valence-corrected chi connectivity index (χ4v) is 2.87. The van der Waals surface area contributed by atoms with Crippen LogP contribution in [0.4, 0.5) is 11.4 Å². The average molecular weight is 280 g/mol. The Hall–Kier alpha value is -2.29. The third-order valence-corrected chi connectivity index (χ3v) is 4.08. The van der Waals surface area contributed by atoms with Crippen LogP contribution in [0.15, 0.2) is 42.5 Å². The summed E-state index contributed by atoms with van der Waals surface area (Å²) in [6, 6.07) is 14.0. The van der Waals surface area contributed by atoms with Crippen LogP contribution in [-0.2, 0) is 17.6 Å². The van der Waals surface area contributed by atoms with Gasteiger partial charge in [-0.15, -0.1) is 0 Å². The molecule has 0 radical (unpaired) electrons. The molecule has 1 heterocycles. The third-order valence-electron chi connectivity index (χ3n) is 4.08. The molecule has 2 aromatic carbocycles. The van der Waals surface area contributed by atoms with Crippen molar-refractivity contribution in [2.24, 2.45) is 0 Å². The number of hydrogen-bond donors (Lipinski definition) is 2. The minimum atomic E-state index is -0.188. The first-order valence-electron chi connectivity index (χ1n) is 7.43. The van der Waals surface area contributed by atoms with Crippen LogP contribution in [0.2, 0.25) is 0 Å². The van der Waals surface area contributed by atoms with E-state index in [0.29, 0.717) is 0 Å². The second kappa shape index (κ2) is 5.60. The highest BCUT2D eigenvalue weighted by Crippen LogP contribution is 2.27. The van der Waals surface area contributed by atoms with Gasteiger partial charge in [-0.05, 0) is 36.1 Å². The number of nitrogens with one attached hydrogen (secondary N) is 2. The first kappa shape index (κ1) is 13.7. The third kappa shape index (κ3) is 2.64. The van der Waals surface area contributed by atoms with E-state index in [4.69, 9.17) is 0 Å². The summed E-state index contributed by atoms with van der Waals surface area (Å²) in [5.41, 5.74) is 5.52. The van der Waals surface area contributed by atoms with Gasteiger partial charge in [-0.1, -0.05) is 43.3 Å². The van der Waals surface area contributed by atoms with Crippen LogP contribution in [0.1, 0.15) is 23.6 Å². The van der Waals surface area contributed by atoms with Gasteiger partial charge in [-0.2, -0.15) is 0 Å². The van der Waals surface area contributed by atoms with Crippen molar-refractivity contribution in [3.05, 3.63) is 59.2 Å². The Bertz CT molecular complexity index is 654. The summed E-state index contributed by atoms with van der Waals surface area (Å²) in [6.07, 6.45) is 1.66. The summed E-state index contributed by atoms with van der Waals surface area (Å²) in [5, 5.41) is 6.40. The zero-order valence-corrected chi connectivity index (χ0v) is 12.4. The molecular weight excluding hydrogens is 260 g/mol. The Morgan fingerprint density at radius 1 is 1.24 bits per heavy atom. The predicted octanol–water partition coefficient (Wildman–Crippen LogP) is 3.53. The lowest BCUT2D eigenvalue weighted by Crippen LogP contribution is -2.33. The van der Waals surface area contributed by atoms with Gasteiger partial charge in [0.05, 0.1) is 0 Å². The van der Waals surface area contributed by atoms with Crippen molar-refractivity contribution in [2.45, 2.75) is 32.7 Å². The zero-order chi connectivity index (χ0) is 14.8. The van der Waals surface area contributed by atoms with Crippen LogP contribution >= 0.6 is 0 Å². The largest absolute Gasteiger partial charge is 0.373 e. The molecule has 1 atom stereocenters. The van der Waals surface area contributed by atoms with Crippen molar-refractivity contribution in [1.29, 1.82) is 0 Å². The highest BCUT2D eigenvalue weighted by molar-refractivity contribution is 5.99. The summed E-state index contributed by atoms with van der Waals surface area (Å²) in [6.45, 7) is 4.14. The van der Waals surface area contributed by atoms with E-state index in [9.17, 15) is 4.79 Å². The van der Waals surface area contributed by atoms with Gasteiger partial charge >= 0.3 is 0 Å². The van der Waals surface area contributed by atoms with E-state index in [0.717, 1.165) is 29.8 Å². The van der Waals surface area contributed by atoms with Crippen LogP contribution in [0, 0.1) is 6.92 Å². The molecule has 0 aromatic heterocycles. The Labute approximate surface area is 125 Å². The van der Waals surface area contributed by atoms with E-state index < -0.39 is 0 Å². The maximum atomic E-state index is 12.5. The number of amides is 1. The van der Waals surface area contributed by atoms with Crippen LogP contribution < -0.4 is 10.6 Å². The molecule has 2 N–H and O–H groups in total. The quantitative estimate of drug-likeness (QED) is 0.903. The van der Waals surface area contributed by atoms with Crippen LogP contribution in [0.3, 0.4) is 0 Å². The molecule has 3 nitrogen and oxygen atoms in total. The minimum Gasteiger partial charge on any atom is -0.373 e. The molecule has 1 amide bonds. The molecule has 0 fully saturated rings. The Kier molecular flexibility index (Phi) is 3.65. The predicted molar refractivity (Wildman–Crippen MR) is 86.7 cm³/mol. The first-order valence-corrected chi connectivity index (χ1v) is 7.43. The summed E-state index contributed by atoms with van der Waals surface area (Å²) in [4.78, 5) is 12.5. The van der Waals surface area contributed by atoms with E-state index in [1.807, 2.05) is 37.3 Å². The summed E-state index contributed by atoms with van der Waals surface area (Å²) >= 11 is 0. The number of anilines is 2. The second-order valence-corrected chi connectivity index (χ2v) is 5.51. The van der Waals surface area contributed by atoms with Gasteiger partial charge in [0, 0.05) is 17.8 Å². The number of fused-ring (bicyclic) bond motifs is 1. The lowest BCUT2D eigenvalue weighted by Gasteiger charge is -2.16. The van der Waals surface area contributed by atoms with Gasteiger partial charge < -0.3 is 10.6 Å². The second-order valence-electron chi connectivity index (χ2n) is 5.51. The lowest BCUT2D eigenvalue weighted by molar-refractivity contribution is -0.116. The molecule has 2 aromatic rings. The van der Waals surface area contributed by atoms with E-state index in [1.165, 1.54) is 11.1 Å². The lowest BCUT2D eigenvalue weighted by atomic mass is 10.0. The standard InChI is InChI=1S/C18H20N2O/c1-3-13-9-6-7-12(2)17(13)20-18(21)16-11-14-8-4-5-10-15(14)19-16/h4-10,16,19H,3,11H2,1-2H3,(H,20,21)/t16-/m0/s1. The van der Waals surface area contributed by atoms with Crippen molar-refractivity contribution in [3.8, 4) is 0 Å². The molecular formula is C18H20N2O. The van der Waals surface area contributed by atoms with Crippen LogP contribution in [0.5, 0.6) is 0 Å². The van der Waals surface area contributed by atoms with Crippen LogP contribution in [-0.4, -0.2) is 11.9 Å². The number of carbonyl (C=O) groups excluding carboxylic acids is 1.